The molecule has 0 aliphatic heterocycles. The molecule has 6 nitrogen and oxygen atoms in total. The molecular formula is C20H18ClN3O3. The van der Waals surface area contributed by atoms with E-state index in [0.29, 0.717) is 16.5 Å². The Morgan fingerprint density at radius 2 is 1.74 bits per heavy atom. The van der Waals surface area contributed by atoms with Crippen molar-refractivity contribution in [1.82, 2.24) is 10.9 Å². The first-order chi connectivity index (χ1) is 13.0. The number of carbonyl (C=O) groups excluding carboxylic acids is 2. The van der Waals surface area contributed by atoms with Crippen molar-refractivity contribution in [1.29, 1.82) is 0 Å². The van der Waals surface area contributed by atoms with Crippen molar-refractivity contribution in [2.24, 2.45) is 0 Å². The van der Waals surface area contributed by atoms with Crippen molar-refractivity contribution in [2.45, 2.75) is 6.92 Å². The number of carbonyl (C=O) groups is 2. The Morgan fingerprint density at radius 1 is 0.963 bits per heavy atom. The highest BCUT2D eigenvalue weighted by atomic mass is 35.5. The Morgan fingerprint density at radius 3 is 2.52 bits per heavy atom. The largest absolute Gasteiger partial charge is 0.484 e. The molecule has 3 aromatic rings. The Labute approximate surface area is 161 Å². The Hall–Kier alpha value is -3.25. The number of hydrazine groups is 1. The summed E-state index contributed by atoms with van der Waals surface area (Å²) < 4.78 is 5.45. The second-order valence-corrected chi connectivity index (χ2v) is 6.30. The van der Waals surface area contributed by atoms with Crippen molar-refractivity contribution in [3.63, 3.8) is 0 Å². The molecule has 0 radical (unpaired) electrons. The molecular weight excluding hydrogens is 366 g/mol. The molecule has 0 heterocycles. The molecule has 0 saturated heterocycles. The van der Waals surface area contributed by atoms with E-state index in [4.69, 9.17) is 16.3 Å². The molecule has 0 aliphatic carbocycles. The van der Waals surface area contributed by atoms with Crippen molar-refractivity contribution < 1.29 is 14.3 Å². The number of urea groups is 1. The van der Waals surface area contributed by atoms with Crippen molar-refractivity contribution in [2.75, 3.05) is 11.9 Å². The van der Waals surface area contributed by atoms with Gasteiger partial charge in [-0.25, -0.2) is 10.2 Å². The number of aryl methyl sites for hydroxylation is 1. The van der Waals surface area contributed by atoms with Gasteiger partial charge < -0.3 is 10.1 Å². The summed E-state index contributed by atoms with van der Waals surface area (Å²) in [7, 11) is 0. The van der Waals surface area contributed by atoms with Gasteiger partial charge in [-0.1, -0.05) is 48.0 Å². The molecule has 3 rings (SSSR count). The van der Waals surface area contributed by atoms with Crippen LogP contribution in [0.5, 0.6) is 5.75 Å². The predicted molar refractivity (Wildman–Crippen MR) is 106 cm³/mol. The minimum atomic E-state index is -0.589. The van der Waals surface area contributed by atoms with Crippen molar-refractivity contribution >= 4 is 40.0 Å². The molecule has 0 bridgehead atoms. The topological polar surface area (TPSA) is 79.5 Å². The zero-order valence-corrected chi connectivity index (χ0v) is 15.3. The number of hydrogen-bond donors (Lipinski definition) is 3. The number of rotatable bonds is 4. The van der Waals surface area contributed by atoms with E-state index >= 15 is 0 Å². The van der Waals surface area contributed by atoms with Gasteiger partial charge in [-0.05, 0) is 47.5 Å². The van der Waals surface area contributed by atoms with E-state index < -0.39 is 11.9 Å². The Kier molecular flexibility index (Phi) is 5.78. The van der Waals surface area contributed by atoms with Gasteiger partial charge in [0, 0.05) is 10.7 Å². The monoisotopic (exact) mass is 383 g/mol. The summed E-state index contributed by atoms with van der Waals surface area (Å²) in [5.74, 6) is 0.0860. The van der Waals surface area contributed by atoms with Crippen LogP contribution in [0, 0.1) is 6.92 Å². The van der Waals surface area contributed by atoms with Crippen LogP contribution < -0.4 is 20.9 Å². The second kappa shape index (κ2) is 8.42. The number of halogens is 1. The fourth-order valence-corrected chi connectivity index (χ4v) is 2.58. The lowest BCUT2D eigenvalue weighted by Crippen LogP contribution is -2.45. The predicted octanol–water partition coefficient (Wildman–Crippen LogP) is 4.03. The van der Waals surface area contributed by atoms with Crippen LogP contribution in [0.15, 0.2) is 60.7 Å². The Balaban J connectivity index is 1.45. The third-order valence-electron chi connectivity index (χ3n) is 3.84. The highest BCUT2D eigenvalue weighted by molar-refractivity contribution is 6.31. The van der Waals surface area contributed by atoms with Gasteiger partial charge in [0.2, 0.25) is 0 Å². The van der Waals surface area contributed by atoms with Gasteiger partial charge in [-0.3, -0.25) is 10.2 Å². The van der Waals surface area contributed by atoms with Crippen LogP contribution in [0.3, 0.4) is 0 Å². The summed E-state index contributed by atoms with van der Waals surface area (Å²) in [6.07, 6.45) is 0. The van der Waals surface area contributed by atoms with Gasteiger partial charge in [-0.15, -0.1) is 0 Å². The molecule has 0 unspecified atom stereocenters. The smallest absolute Gasteiger partial charge is 0.337 e. The molecule has 0 saturated carbocycles. The average molecular weight is 384 g/mol. The number of fused-ring (bicyclic) bond motifs is 1. The molecule has 3 amide bonds. The number of nitrogens with one attached hydrogen (secondary N) is 3. The van der Waals surface area contributed by atoms with Crippen molar-refractivity contribution in [3.8, 4) is 5.75 Å². The molecule has 0 spiro atoms. The summed E-state index contributed by atoms with van der Waals surface area (Å²) >= 11 is 6.00. The van der Waals surface area contributed by atoms with Crippen LogP contribution in [0.2, 0.25) is 5.02 Å². The second-order valence-electron chi connectivity index (χ2n) is 5.89. The lowest BCUT2D eigenvalue weighted by Gasteiger charge is -2.11. The molecule has 7 heteroatoms. The molecule has 3 aromatic carbocycles. The van der Waals surface area contributed by atoms with Crippen molar-refractivity contribution in [3.05, 3.63) is 71.2 Å². The highest BCUT2D eigenvalue weighted by Crippen LogP contribution is 2.21. The van der Waals surface area contributed by atoms with Crippen LogP contribution in [-0.4, -0.2) is 18.5 Å². The standard InChI is InChI=1S/C20H18ClN3O3/c1-13-6-8-16(11-18(13)21)22-20(26)24-23-19(25)12-27-17-9-7-14-4-2-3-5-15(14)10-17/h2-11H,12H2,1H3,(H,23,25)(H2,22,24,26). The summed E-state index contributed by atoms with van der Waals surface area (Å²) in [6.45, 7) is 1.64. The van der Waals surface area contributed by atoms with Crippen LogP contribution >= 0.6 is 11.6 Å². The molecule has 138 valence electrons. The average Bonchev–Trinajstić information content (AvgIpc) is 2.67. The van der Waals surface area contributed by atoms with E-state index in [2.05, 4.69) is 16.2 Å². The van der Waals surface area contributed by atoms with Crippen LogP contribution in [0.1, 0.15) is 5.56 Å². The Bertz CT molecular complexity index is 991. The fraction of sp³-hybridized carbons (Fsp3) is 0.100. The number of hydrogen-bond acceptors (Lipinski definition) is 3. The summed E-state index contributed by atoms with van der Waals surface area (Å²) in [6, 6.07) is 17.9. The molecule has 0 aromatic heterocycles. The zero-order valence-electron chi connectivity index (χ0n) is 14.6. The number of ether oxygens (including phenoxy) is 1. The van der Waals surface area contributed by atoms with E-state index in [9.17, 15) is 9.59 Å². The summed E-state index contributed by atoms with van der Waals surface area (Å²) in [4.78, 5) is 23.6. The van der Waals surface area contributed by atoms with Gasteiger partial charge in [0.15, 0.2) is 6.61 Å². The normalized spacial score (nSPS) is 10.3. The first-order valence-corrected chi connectivity index (χ1v) is 8.62. The number of amides is 3. The first kappa shape index (κ1) is 18.5. The highest BCUT2D eigenvalue weighted by Gasteiger charge is 2.07. The van der Waals surface area contributed by atoms with E-state index in [1.165, 1.54) is 0 Å². The van der Waals surface area contributed by atoms with E-state index in [1.54, 1.807) is 24.3 Å². The van der Waals surface area contributed by atoms with E-state index in [-0.39, 0.29) is 6.61 Å². The van der Waals surface area contributed by atoms with Gasteiger partial charge in [0.05, 0.1) is 0 Å². The maximum absolute atomic E-state index is 11.8. The SMILES string of the molecule is Cc1ccc(NC(=O)NNC(=O)COc2ccc3ccccc3c2)cc1Cl. The third-order valence-corrected chi connectivity index (χ3v) is 4.24. The van der Waals surface area contributed by atoms with E-state index in [1.807, 2.05) is 43.3 Å². The quantitative estimate of drug-likeness (QED) is 0.595. The van der Waals surface area contributed by atoms with Crippen LogP contribution in [0.4, 0.5) is 10.5 Å². The maximum atomic E-state index is 11.8. The van der Waals surface area contributed by atoms with Crippen LogP contribution in [-0.2, 0) is 4.79 Å². The number of anilines is 1. The molecule has 3 N–H and O–H groups in total. The maximum Gasteiger partial charge on any atom is 0.337 e. The van der Waals surface area contributed by atoms with Gasteiger partial charge in [-0.2, -0.15) is 0 Å². The van der Waals surface area contributed by atoms with E-state index in [0.717, 1.165) is 16.3 Å². The van der Waals surface area contributed by atoms with Gasteiger partial charge in [0.1, 0.15) is 5.75 Å². The van der Waals surface area contributed by atoms with Crippen LogP contribution in [0.25, 0.3) is 10.8 Å². The third kappa shape index (κ3) is 5.12. The fourth-order valence-electron chi connectivity index (χ4n) is 2.40. The summed E-state index contributed by atoms with van der Waals surface area (Å²) in [5, 5.41) is 5.22. The lowest BCUT2D eigenvalue weighted by atomic mass is 10.1. The molecule has 0 fully saturated rings. The molecule has 27 heavy (non-hydrogen) atoms. The minimum absolute atomic E-state index is 0.227. The van der Waals surface area contributed by atoms with Gasteiger partial charge >= 0.3 is 6.03 Å². The lowest BCUT2D eigenvalue weighted by molar-refractivity contribution is -0.123. The minimum Gasteiger partial charge on any atom is -0.484 e. The first-order valence-electron chi connectivity index (χ1n) is 8.25. The zero-order chi connectivity index (χ0) is 19.2. The van der Waals surface area contributed by atoms with Gasteiger partial charge in [0.25, 0.3) is 5.91 Å². The number of benzene rings is 3. The molecule has 0 atom stereocenters. The molecule has 0 aliphatic rings. The summed E-state index contributed by atoms with van der Waals surface area (Å²) in [5.41, 5.74) is 5.96.